The maximum absolute atomic E-state index is 8.65. The first kappa shape index (κ1) is 15.4. The van der Waals surface area contributed by atoms with E-state index >= 15 is 0 Å². The van der Waals surface area contributed by atoms with E-state index in [1.54, 1.807) is 0 Å². The molecule has 2 N–H and O–H groups in total. The highest BCUT2D eigenvalue weighted by Gasteiger charge is 2.55. The van der Waals surface area contributed by atoms with Gasteiger partial charge in [0.15, 0.2) is 0 Å². The van der Waals surface area contributed by atoms with Gasteiger partial charge in [-0.3, -0.25) is 4.74 Å². The van der Waals surface area contributed by atoms with Crippen molar-refractivity contribution in [2.75, 3.05) is 38.2 Å². The van der Waals surface area contributed by atoms with Crippen LogP contribution in [0.25, 0.3) is 0 Å². The van der Waals surface area contributed by atoms with Gasteiger partial charge in [-0.05, 0) is 0 Å². The van der Waals surface area contributed by atoms with E-state index in [4.69, 9.17) is 57.4 Å². The molecule has 0 aliphatic carbocycles. The summed E-state index contributed by atoms with van der Waals surface area (Å²) in [4.78, 5) is 9.63. The Labute approximate surface area is 108 Å². The van der Waals surface area contributed by atoms with Crippen LogP contribution in [0, 0.1) is 0 Å². The van der Waals surface area contributed by atoms with Crippen LogP contribution in [-0.4, -0.2) is 60.3 Å². The van der Waals surface area contributed by atoms with Crippen molar-refractivity contribution in [2.45, 2.75) is 11.9 Å². The number of aliphatic hydroxyl groups is 2. The van der Waals surface area contributed by atoms with E-state index in [9.17, 15) is 0 Å². The van der Waals surface area contributed by atoms with Gasteiger partial charge < -0.3 is 19.7 Å². The van der Waals surface area contributed by atoms with Crippen molar-refractivity contribution < 1.29 is 34.2 Å². The first-order valence-electron chi connectivity index (χ1n) is 4.84. The fraction of sp³-hybridized carbons (Fsp3) is 1.00. The minimum absolute atomic E-state index is 0.0611. The highest BCUT2D eigenvalue weighted by Crippen LogP contribution is 2.36. The maximum Gasteiger partial charge on any atom is 0.330 e. The Kier molecular flexibility index (Phi) is 6.35. The Morgan fingerprint density at radius 1 is 0.882 bits per heavy atom. The third kappa shape index (κ3) is 3.88. The zero-order valence-electron chi connectivity index (χ0n) is 8.93. The van der Waals surface area contributed by atoms with Crippen LogP contribution in [0.15, 0.2) is 0 Å². The number of rotatable bonds is 8. The number of ether oxygens (including phenoxy) is 3. The molecule has 1 saturated heterocycles. The van der Waals surface area contributed by atoms with E-state index in [0.29, 0.717) is 0 Å². The van der Waals surface area contributed by atoms with Gasteiger partial charge in [0.25, 0.3) is 0 Å². The Hall–Kier alpha value is 0.300. The molecule has 0 aromatic heterocycles. The summed E-state index contributed by atoms with van der Waals surface area (Å²) in [6, 6.07) is 0. The lowest BCUT2D eigenvalue weighted by molar-refractivity contribution is -0.425. The van der Waals surface area contributed by atoms with E-state index in [-0.39, 0.29) is 38.2 Å². The Morgan fingerprint density at radius 2 is 1.29 bits per heavy atom. The Balaban J connectivity index is 2.61. The third-order valence-corrected chi connectivity index (χ3v) is 2.42. The minimum Gasteiger partial charge on any atom is -0.394 e. The first-order chi connectivity index (χ1) is 8.16. The molecule has 0 bridgehead atoms. The van der Waals surface area contributed by atoms with Gasteiger partial charge in [-0.25, -0.2) is 0 Å². The molecular formula is C8H14Cl2O7. The van der Waals surface area contributed by atoms with Crippen LogP contribution < -0.4 is 0 Å². The molecule has 7 nitrogen and oxygen atoms in total. The number of aliphatic hydroxyl groups excluding tert-OH is 2. The summed E-state index contributed by atoms with van der Waals surface area (Å²) in [7, 11) is 0. The molecule has 0 amide bonds. The summed E-state index contributed by atoms with van der Waals surface area (Å²) < 4.78 is 15.4. The van der Waals surface area contributed by atoms with Crippen molar-refractivity contribution in [3.8, 4) is 0 Å². The SMILES string of the molecule is OCCO[C@@]1(CCl)OO[C@](CCl)(OCCO)O1. The van der Waals surface area contributed by atoms with Gasteiger partial charge in [0.05, 0.1) is 26.4 Å². The van der Waals surface area contributed by atoms with Crippen LogP contribution in [0.2, 0.25) is 0 Å². The normalized spacial score (nSPS) is 33.2. The summed E-state index contributed by atoms with van der Waals surface area (Å²) >= 11 is 11.3. The Bertz CT molecular complexity index is 210. The Morgan fingerprint density at radius 3 is 1.59 bits per heavy atom. The molecule has 1 heterocycles. The van der Waals surface area contributed by atoms with Crippen molar-refractivity contribution in [3.05, 3.63) is 0 Å². The predicted octanol–water partition coefficient (Wildman–Crippen LogP) is -0.232. The largest absolute Gasteiger partial charge is 0.394 e. The highest BCUT2D eigenvalue weighted by atomic mass is 35.5. The molecule has 1 aliphatic heterocycles. The lowest BCUT2D eigenvalue weighted by Gasteiger charge is -2.25. The molecule has 17 heavy (non-hydrogen) atoms. The smallest absolute Gasteiger partial charge is 0.330 e. The van der Waals surface area contributed by atoms with Crippen molar-refractivity contribution in [1.82, 2.24) is 0 Å². The van der Waals surface area contributed by atoms with Crippen LogP contribution in [-0.2, 0) is 24.0 Å². The minimum atomic E-state index is -1.69. The predicted molar refractivity (Wildman–Crippen MR) is 56.2 cm³/mol. The van der Waals surface area contributed by atoms with Gasteiger partial charge in [0.1, 0.15) is 11.8 Å². The molecule has 1 fully saturated rings. The lowest BCUT2D eigenvalue weighted by atomic mass is 10.5. The van der Waals surface area contributed by atoms with Crippen LogP contribution in [0.3, 0.4) is 0 Å². The molecule has 1 aliphatic rings. The van der Waals surface area contributed by atoms with Crippen LogP contribution in [0.4, 0.5) is 0 Å². The summed E-state index contributed by atoms with van der Waals surface area (Å²) in [5.41, 5.74) is 0. The molecule has 0 radical (unpaired) electrons. The summed E-state index contributed by atoms with van der Waals surface area (Å²) in [6.45, 7) is -0.601. The second-order valence-corrected chi connectivity index (χ2v) is 3.58. The van der Waals surface area contributed by atoms with Crippen molar-refractivity contribution in [2.24, 2.45) is 0 Å². The van der Waals surface area contributed by atoms with E-state index in [0.717, 1.165) is 0 Å². The van der Waals surface area contributed by atoms with Gasteiger partial charge >= 0.3 is 11.9 Å². The van der Waals surface area contributed by atoms with E-state index in [1.807, 2.05) is 0 Å². The fourth-order valence-corrected chi connectivity index (χ4v) is 1.44. The lowest BCUT2D eigenvalue weighted by Crippen LogP contribution is -2.43. The van der Waals surface area contributed by atoms with Crippen LogP contribution in [0.1, 0.15) is 0 Å². The molecule has 0 saturated carbocycles. The third-order valence-electron chi connectivity index (χ3n) is 1.76. The van der Waals surface area contributed by atoms with Crippen LogP contribution in [0.5, 0.6) is 0 Å². The maximum atomic E-state index is 8.65. The number of halogens is 2. The molecular weight excluding hydrogens is 279 g/mol. The molecule has 0 unspecified atom stereocenters. The molecule has 0 aromatic rings. The zero-order chi connectivity index (χ0) is 12.8. The second kappa shape index (κ2) is 7.03. The summed E-state index contributed by atoms with van der Waals surface area (Å²) in [6.07, 6.45) is 0. The first-order valence-corrected chi connectivity index (χ1v) is 5.91. The summed E-state index contributed by atoms with van der Waals surface area (Å²) in [5.74, 6) is -3.80. The van der Waals surface area contributed by atoms with Crippen molar-refractivity contribution in [3.63, 3.8) is 0 Å². The van der Waals surface area contributed by atoms with Gasteiger partial charge in [-0.2, -0.15) is 9.78 Å². The van der Waals surface area contributed by atoms with Gasteiger partial charge in [0.2, 0.25) is 0 Å². The fourth-order valence-electron chi connectivity index (χ4n) is 1.08. The van der Waals surface area contributed by atoms with Gasteiger partial charge in [0, 0.05) is 0 Å². The van der Waals surface area contributed by atoms with E-state index < -0.39 is 11.9 Å². The number of hydrogen-bond donors (Lipinski definition) is 2. The monoisotopic (exact) mass is 292 g/mol. The van der Waals surface area contributed by atoms with Gasteiger partial charge in [-0.1, -0.05) is 0 Å². The number of alkyl halides is 2. The second-order valence-electron chi connectivity index (χ2n) is 3.05. The van der Waals surface area contributed by atoms with Gasteiger partial charge in [-0.15, -0.1) is 23.2 Å². The molecule has 0 aromatic carbocycles. The van der Waals surface area contributed by atoms with Crippen molar-refractivity contribution >= 4 is 23.2 Å². The van der Waals surface area contributed by atoms with E-state index in [2.05, 4.69) is 0 Å². The van der Waals surface area contributed by atoms with E-state index in [1.165, 1.54) is 0 Å². The molecule has 1 rings (SSSR count). The molecule has 0 spiro atoms. The molecule has 102 valence electrons. The molecule has 9 heteroatoms. The highest BCUT2D eigenvalue weighted by molar-refractivity contribution is 6.18. The van der Waals surface area contributed by atoms with Crippen LogP contribution >= 0.6 is 23.2 Å². The quantitative estimate of drug-likeness (QED) is 0.472. The zero-order valence-corrected chi connectivity index (χ0v) is 10.4. The standard InChI is InChI=1S/C8H14Cl2O7/c9-5-7(13-3-1-11)15-8(6-10,17-16-7)14-4-2-12/h11-12H,1-6H2/t7-,8-/m1/s1. The molecule has 2 atom stereocenters. The summed E-state index contributed by atoms with van der Waals surface area (Å²) in [5, 5.41) is 17.3. The number of hydrogen-bond acceptors (Lipinski definition) is 7. The van der Waals surface area contributed by atoms with Crippen molar-refractivity contribution in [1.29, 1.82) is 0 Å². The average Bonchev–Trinajstić information content (AvgIpc) is 2.75. The topological polar surface area (TPSA) is 86.6 Å². The average molecular weight is 293 g/mol.